The predicted octanol–water partition coefficient (Wildman–Crippen LogP) is 4.91. The molecule has 1 aromatic heterocycles. The van der Waals surface area contributed by atoms with Crippen LogP contribution in [-0.4, -0.2) is 34.7 Å². The number of carbonyl (C=O) groups excluding carboxylic acids is 2. The van der Waals surface area contributed by atoms with Gasteiger partial charge in [-0.1, -0.05) is 32.0 Å². The minimum Gasteiger partial charge on any atom is -0.355 e. The lowest BCUT2D eigenvalue weighted by atomic mass is 9.95. The molecule has 2 N–H and O–H groups in total. The number of anilines is 3. The Hall–Kier alpha value is -3.75. The number of amides is 2. The van der Waals surface area contributed by atoms with Gasteiger partial charge in [-0.05, 0) is 44.0 Å². The number of rotatable bonds is 6. The number of carbonyl (C=O) groups is 2. The molecule has 4 rings (SSSR count). The topological polar surface area (TPSA) is 79.3 Å². The standard InChI is InChI=1S/C26H29F2N5O2/c1-16(2)24(34)30-23-17(3)31-33(20-7-5-4-6-8-20)26(23)32-13-11-18(12-14-32)25(35)29-22-15-19(27)9-10-21(22)28/h4-10,15-16,18H,11-14H2,1-3H3,(H,29,35)(H,30,34). The maximum Gasteiger partial charge on any atom is 0.227 e. The van der Waals surface area contributed by atoms with Crippen molar-refractivity contribution < 1.29 is 18.4 Å². The Bertz CT molecular complexity index is 1220. The number of halogens is 2. The molecule has 0 unspecified atom stereocenters. The fourth-order valence-electron chi connectivity index (χ4n) is 4.15. The highest BCUT2D eigenvalue weighted by Crippen LogP contribution is 2.35. The van der Waals surface area contributed by atoms with Gasteiger partial charge >= 0.3 is 0 Å². The molecule has 0 atom stereocenters. The Balaban J connectivity index is 1.55. The van der Waals surface area contributed by atoms with Crippen molar-refractivity contribution in [2.75, 3.05) is 28.6 Å². The van der Waals surface area contributed by atoms with E-state index in [0.29, 0.717) is 37.3 Å². The second kappa shape index (κ2) is 10.2. The van der Waals surface area contributed by atoms with Crippen LogP contribution in [0.1, 0.15) is 32.4 Å². The van der Waals surface area contributed by atoms with E-state index < -0.39 is 11.6 Å². The SMILES string of the molecule is Cc1nn(-c2ccccc2)c(N2CCC(C(=O)Nc3cc(F)ccc3F)CC2)c1NC(=O)C(C)C. The zero-order valence-corrected chi connectivity index (χ0v) is 20.0. The van der Waals surface area contributed by atoms with E-state index >= 15 is 0 Å². The second-order valence-corrected chi connectivity index (χ2v) is 9.05. The number of nitrogens with zero attached hydrogens (tertiary/aromatic N) is 3. The molecule has 9 heteroatoms. The van der Waals surface area contributed by atoms with Gasteiger partial charge < -0.3 is 15.5 Å². The van der Waals surface area contributed by atoms with Crippen LogP contribution in [0, 0.1) is 30.4 Å². The van der Waals surface area contributed by atoms with Crippen LogP contribution < -0.4 is 15.5 Å². The van der Waals surface area contributed by atoms with Gasteiger partial charge in [0.2, 0.25) is 11.8 Å². The lowest BCUT2D eigenvalue weighted by Crippen LogP contribution is -2.39. The van der Waals surface area contributed by atoms with Gasteiger partial charge in [-0.2, -0.15) is 5.10 Å². The molecule has 0 radical (unpaired) electrons. The zero-order chi connectivity index (χ0) is 25.1. The number of hydrogen-bond acceptors (Lipinski definition) is 4. The Morgan fingerprint density at radius 2 is 1.71 bits per heavy atom. The van der Waals surface area contributed by atoms with Crippen molar-refractivity contribution in [3.63, 3.8) is 0 Å². The van der Waals surface area contributed by atoms with Crippen LogP contribution in [0.15, 0.2) is 48.5 Å². The normalized spacial score (nSPS) is 14.3. The van der Waals surface area contributed by atoms with E-state index in [9.17, 15) is 18.4 Å². The lowest BCUT2D eigenvalue weighted by Gasteiger charge is -2.33. The highest BCUT2D eigenvalue weighted by atomic mass is 19.1. The smallest absolute Gasteiger partial charge is 0.227 e. The van der Waals surface area contributed by atoms with Crippen LogP contribution in [0.3, 0.4) is 0 Å². The molecule has 0 aliphatic carbocycles. The van der Waals surface area contributed by atoms with E-state index in [-0.39, 0.29) is 29.3 Å². The first-order valence-corrected chi connectivity index (χ1v) is 11.7. The number of aryl methyl sites for hydroxylation is 1. The number of para-hydroxylation sites is 1. The molecule has 0 bridgehead atoms. The van der Waals surface area contributed by atoms with E-state index in [2.05, 4.69) is 15.5 Å². The molecule has 1 saturated heterocycles. The number of piperidine rings is 1. The molecule has 2 heterocycles. The molecule has 1 aliphatic heterocycles. The summed E-state index contributed by atoms with van der Waals surface area (Å²) >= 11 is 0. The van der Waals surface area contributed by atoms with Crippen molar-refractivity contribution in [1.29, 1.82) is 0 Å². The van der Waals surface area contributed by atoms with Crippen molar-refractivity contribution in [1.82, 2.24) is 9.78 Å². The quantitative estimate of drug-likeness (QED) is 0.525. The molecular formula is C26H29F2N5O2. The van der Waals surface area contributed by atoms with Gasteiger partial charge in [0, 0.05) is 31.0 Å². The number of nitrogens with one attached hydrogen (secondary N) is 2. The van der Waals surface area contributed by atoms with Crippen LogP contribution >= 0.6 is 0 Å². The molecule has 35 heavy (non-hydrogen) atoms. The number of benzene rings is 2. The summed E-state index contributed by atoms with van der Waals surface area (Å²) in [7, 11) is 0. The molecule has 1 fully saturated rings. The summed E-state index contributed by atoms with van der Waals surface area (Å²) in [5.41, 5.74) is 2.04. The van der Waals surface area contributed by atoms with Gasteiger partial charge in [-0.15, -0.1) is 0 Å². The summed E-state index contributed by atoms with van der Waals surface area (Å²) in [6.45, 7) is 6.58. The molecule has 0 spiro atoms. The number of hydrogen-bond donors (Lipinski definition) is 2. The Kier molecular flexibility index (Phi) is 7.14. The first kappa shape index (κ1) is 24.4. The molecule has 0 saturated carbocycles. The zero-order valence-electron chi connectivity index (χ0n) is 20.0. The first-order valence-electron chi connectivity index (χ1n) is 11.7. The van der Waals surface area contributed by atoms with E-state index in [1.807, 2.05) is 55.8 Å². The molecule has 3 aromatic rings. The maximum atomic E-state index is 14.0. The minimum atomic E-state index is -0.676. The first-order chi connectivity index (χ1) is 16.7. The van der Waals surface area contributed by atoms with Crippen molar-refractivity contribution in [3.05, 3.63) is 65.9 Å². The van der Waals surface area contributed by atoms with Crippen LogP contribution in [0.4, 0.5) is 26.0 Å². The lowest BCUT2D eigenvalue weighted by molar-refractivity contribution is -0.120. The van der Waals surface area contributed by atoms with E-state index in [1.165, 1.54) is 0 Å². The third kappa shape index (κ3) is 5.34. The van der Waals surface area contributed by atoms with Crippen LogP contribution in [0.25, 0.3) is 5.69 Å². The largest absolute Gasteiger partial charge is 0.355 e. The Morgan fingerprint density at radius 1 is 1.03 bits per heavy atom. The van der Waals surface area contributed by atoms with Gasteiger partial charge in [-0.25, -0.2) is 13.5 Å². The summed E-state index contributed by atoms with van der Waals surface area (Å²) < 4.78 is 29.2. The molecular weight excluding hydrogens is 452 g/mol. The average Bonchev–Trinajstić information content (AvgIpc) is 3.17. The Labute approximate surface area is 203 Å². The Morgan fingerprint density at radius 3 is 2.37 bits per heavy atom. The maximum absolute atomic E-state index is 14.0. The second-order valence-electron chi connectivity index (χ2n) is 9.05. The monoisotopic (exact) mass is 481 g/mol. The highest BCUT2D eigenvalue weighted by Gasteiger charge is 2.30. The fraction of sp³-hybridized carbons (Fsp3) is 0.346. The predicted molar refractivity (Wildman–Crippen MR) is 132 cm³/mol. The van der Waals surface area contributed by atoms with Crippen LogP contribution in [-0.2, 0) is 9.59 Å². The molecule has 2 aromatic carbocycles. The van der Waals surface area contributed by atoms with E-state index in [1.54, 1.807) is 0 Å². The van der Waals surface area contributed by atoms with Crippen molar-refractivity contribution in [3.8, 4) is 5.69 Å². The van der Waals surface area contributed by atoms with Gasteiger partial charge in [-0.3, -0.25) is 9.59 Å². The fourth-order valence-corrected chi connectivity index (χ4v) is 4.15. The van der Waals surface area contributed by atoms with Crippen LogP contribution in [0.2, 0.25) is 0 Å². The van der Waals surface area contributed by atoms with Crippen LogP contribution in [0.5, 0.6) is 0 Å². The minimum absolute atomic E-state index is 0.103. The summed E-state index contributed by atoms with van der Waals surface area (Å²) in [6, 6.07) is 12.6. The van der Waals surface area contributed by atoms with E-state index in [4.69, 9.17) is 5.10 Å². The summed E-state index contributed by atoms with van der Waals surface area (Å²) in [4.78, 5) is 27.4. The number of aromatic nitrogens is 2. The molecule has 2 amide bonds. The van der Waals surface area contributed by atoms with Crippen molar-refractivity contribution >= 4 is 29.0 Å². The van der Waals surface area contributed by atoms with Gasteiger partial charge in [0.15, 0.2) is 5.82 Å². The summed E-state index contributed by atoms with van der Waals surface area (Å²) in [5.74, 6) is -1.51. The summed E-state index contributed by atoms with van der Waals surface area (Å²) in [5, 5.41) is 10.2. The van der Waals surface area contributed by atoms with Gasteiger partial charge in [0.1, 0.15) is 17.3 Å². The summed E-state index contributed by atoms with van der Waals surface area (Å²) in [6.07, 6.45) is 1.03. The highest BCUT2D eigenvalue weighted by molar-refractivity contribution is 5.96. The third-order valence-corrected chi connectivity index (χ3v) is 6.16. The molecule has 1 aliphatic rings. The van der Waals surface area contributed by atoms with Crippen molar-refractivity contribution in [2.24, 2.45) is 11.8 Å². The average molecular weight is 482 g/mol. The molecule has 7 nitrogen and oxygen atoms in total. The van der Waals surface area contributed by atoms with Gasteiger partial charge in [0.25, 0.3) is 0 Å². The van der Waals surface area contributed by atoms with E-state index in [0.717, 1.165) is 29.7 Å². The third-order valence-electron chi connectivity index (χ3n) is 6.16. The van der Waals surface area contributed by atoms with Gasteiger partial charge in [0.05, 0.1) is 17.1 Å². The van der Waals surface area contributed by atoms with Crippen molar-refractivity contribution in [2.45, 2.75) is 33.6 Å². The molecule has 184 valence electrons.